The van der Waals surface area contributed by atoms with Crippen molar-refractivity contribution in [1.29, 1.82) is 0 Å². The summed E-state index contributed by atoms with van der Waals surface area (Å²) in [6.07, 6.45) is 1.96. The third-order valence-electron chi connectivity index (χ3n) is 3.46. The molecule has 0 unspecified atom stereocenters. The Morgan fingerprint density at radius 3 is 2.60 bits per heavy atom. The Hall–Kier alpha value is -1.56. The number of amides is 1. The average molecular weight is 285 g/mol. The fourth-order valence-electron chi connectivity index (χ4n) is 2.11. The second-order valence-corrected chi connectivity index (χ2v) is 5.78. The van der Waals surface area contributed by atoms with Gasteiger partial charge in [0.2, 0.25) is 0 Å². The minimum Gasteiger partial charge on any atom is -0.465 e. The molecule has 1 heterocycles. The molecule has 1 N–H and O–H groups in total. The zero-order valence-electron chi connectivity index (χ0n) is 12.5. The molecule has 20 heavy (non-hydrogen) atoms. The molecule has 0 aliphatic carbocycles. The van der Waals surface area contributed by atoms with Crippen molar-refractivity contribution in [3.8, 4) is 0 Å². The summed E-state index contributed by atoms with van der Waals surface area (Å²) in [6, 6.07) is 0. The molecule has 1 aliphatic rings. The van der Waals surface area contributed by atoms with Crippen LogP contribution in [-0.2, 0) is 14.3 Å². The molecule has 0 aromatic heterocycles. The topological polar surface area (TPSA) is 76.1 Å². The largest absolute Gasteiger partial charge is 0.465 e. The van der Waals surface area contributed by atoms with Gasteiger partial charge in [-0.25, -0.2) is 9.59 Å². The molecule has 0 bridgehead atoms. The van der Waals surface area contributed by atoms with Crippen LogP contribution in [0.2, 0.25) is 0 Å². The summed E-state index contributed by atoms with van der Waals surface area (Å²) in [4.78, 5) is 23.9. The van der Waals surface area contributed by atoms with Gasteiger partial charge >= 0.3 is 12.1 Å². The summed E-state index contributed by atoms with van der Waals surface area (Å²) in [5.41, 5.74) is -1.19. The highest BCUT2D eigenvalue weighted by Gasteiger charge is 2.45. The van der Waals surface area contributed by atoms with Crippen LogP contribution in [-0.4, -0.2) is 54.0 Å². The van der Waals surface area contributed by atoms with Gasteiger partial charge in [-0.05, 0) is 18.4 Å². The zero-order chi connectivity index (χ0) is 15.4. The summed E-state index contributed by atoms with van der Waals surface area (Å²) in [5.74, 6) is -0.452. The Morgan fingerprint density at radius 2 is 2.10 bits per heavy atom. The standard InChI is InChI=1S/C14H23NO5/c1-5-19-11(16)6-7-14(13(2,3)4)10-15(12(17)18)8-9-20-14/h6-7H,5,8-10H2,1-4H3,(H,17,18)/b7-6+/t14-/m0/s1. The lowest BCUT2D eigenvalue weighted by molar-refractivity contribution is -0.139. The van der Waals surface area contributed by atoms with E-state index in [0.717, 1.165) is 0 Å². The number of nitrogens with zero attached hydrogens (tertiary/aromatic N) is 1. The van der Waals surface area contributed by atoms with Gasteiger partial charge in [-0.1, -0.05) is 20.8 Å². The molecule has 1 fully saturated rings. The third kappa shape index (κ3) is 3.72. The molecular weight excluding hydrogens is 262 g/mol. The van der Waals surface area contributed by atoms with Gasteiger partial charge in [-0.15, -0.1) is 0 Å². The normalized spacial score (nSPS) is 23.9. The van der Waals surface area contributed by atoms with Crippen molar-refractivity contribution in [3.63, 3.8) is 0 Å². The number of carbonyl (C=O) groups is 2. The predicted octanol–water partition coefficient (Wildman–Crippen LogP) is 1.90. The molecule has 6 nitrogen and oxygen atoms in total. The van der Waals surface area contributed by atoms with Crippen LogP contribution < -0.4 is 0 Å². The first kappa shape index (κ1) is 16.5. The number of hydrogen-bond donors (Lipinski definition) is 1. The van der Waals surface area contributed by atoms with Crippen molar-refractivity contribution in [2.75, 3.05) is 26.3 Å². The molecule has 1 atom stereocenters. The van der Waals surface area contributed by atoms with Crippen LogP contribution in [0.25, 0.3) is 0 Å². The Kier molecular flexibility index (Phi) is 5.16. The van der Waals surface area contributed by atoms with Crippen molar-refractivity contribution in [3.05, 3.63) is 12.2 Å². The zero-order valence-corrected chi connectivity index (χ0v) is 12.5. The first-order valence-corrected chi connectivity index (χ1v) is 6.69. The van der Waals surface area contributed by atoms with Crippen LogP contribution in [0.1, 0.15) is 27.7 Å². The van der Waals surface area contributed by atoms with E-state index in [9.17, 15) is 9.59 Å². The quantitative estimate of drug-likeness (QED) is 0.633. The SMILES string of the molecule is CCOC(=O)/C=C/[C@@]1(C(C)(C)C)CN(C(=O)O)CCO1. The molecular formula is C14H23NO5. The van der Waals surface area contributed by atoms with Crippen molar-refractivity contribution >= 4 is 12.1 Å². The van der Waals surface area contributed by atoms with Gasteiger partial charge in [0.1, 0.15) is 5.60 Å². The second-order valence-electron chi connectivity index (χ2n) is 5.78. The molecule has 0 aromatic carbocycles. The molecule has 0 radical (unpaired) electrons. The first-order valence-electron chi connectivity index (χ1n) is 6.69. The van der Waals surface area contributed by atoms with Crippen LogP contribution in [0.15, 0.2) is 12.2 Å². The number of ether oxygens (including phenoxy) is 2. The van der Waals surface area contributed by atoms with Gasteiger partial charge in [0.15, 0.2) is 0 Å². The van der Waals surface area contributed by atoms with Gasteiger partial charge in [-0.3, -0.25) is 0 Å². The van der Waals surface area contributed by atoms with Crippen molar-refractivity contribution in [2.24, 2.45) is 5.41 Å². The van der Waals surface area contributed by atoms with Gasteiger partial charge < -0.3 is 19.5 Å². The summed E-state index contributed by atoms with van der Waals surface area (Å²) >= 11 is 0. The molecule has 0 spiro atoms. The Bertz CT molecular complexity index is 399. The van der Waals surface area contributed by atoms with E-state index in [1.807, 2.05) is 20.8 Å². The van der Waals surface area contributed by atoms with E-state index in [-0.39, 0.29) is 12.0 Å². The van der Waals surface area contributed by atoms with Gasteiger partial charge in [0, 0.05) is 12.6 Å². The number of hydrogen-bond acceptors (Lipinski definition) is 4. The highest BCUT2D eigenvalue weighted by molar-refractivity contribution is 5.82. The summed E-state index contributed by atoms with van der Waals surface area (Å²) in [5, 5.41) is 9.15. The van der Waals surface area contributed by atoms with E-state index in [2.05, 4.69) is 0 Å². The molecule has 0 saturated carbocycles. The van der Waals surface area contributed by atoms with E-state index in [0.29, 0.717) is 19.8 Å². The number of carboxylic acid groups (broad SMARTS) is 1. The third-order valence-corrected chi connectivity index (χ3v) is 3.46. The maximum atomic E-state index is 11.5. The Morgan fingerprint density at radius 1 is 1.45 bits per heavy atom. The van der Waals surface area contributed by atoms with Crippen molar-refractivity contribution in [1.82, 2.24) is 4.90 Å². The van der Waals surface area contributed by atoms with E-state index < -0.39 is 17.7 Å². The highest BCUT2D eigenvalue weighted by atomic mass is 16.5. The molecule has 114 valence electrons. The van der Waals surface area contributed by atoms with Crippen molar-refractivity contribution < 1.29 is 24.2 Å². The molecule has 1 saturated heterocycles. The lowest BCUT2D eigenvalue weighted by Crippen LogP contribution is -2.58. The molecule has 0 aromatic rings. The Balaban J connectivity index is 2.99. The monoisotopic (exact) mass is 285 g/mol. The Labute approximate surface area is 119 Å². The summed E-state index contributed by atoms with van der Waals surface area (Å²) < 4.78 is 10.7. The van der Waals surface area contributed by atoms with Crippen LogP contribution in [0.4, 0.5) is 4.79 Å². The van der Waals surface area contributed by atoms with Crippen LogP contribution in [0.5, 0.6) is 0 Å². The minimum atomic E-state index is -0.980. The first-order chi connectivity index (χ1) is 9.22. The fourth-order valence-corrected chi connectivity index (χ4v) is 2.11. The molecule has 1 rings (SSSR count). The summed E-state index contributed by atoms with van der Waals surface area (Å²) in [6.45, 7) is 8.72. The van der Waals surface area contributed by atoms with Crippen LogP contribution >= 0.6 is 0 Å². The van der Waals surface area contributed by atoms with E-state index in [1.54, 1.807) is 13.0 Å². The van der Waals surface area contributed by atoms with Gasteiger partial charge in [-0.2, -0.15) is 0 Å². The highest BCUT2D eigenvalue weighted by Crippen LogP contribution is 2.38. The van der Waals surface area contributed by atoms with Crippen molar-refractivity contribution in [2.45, 2.75) is 33.3 Å². The maximum Gasteiger partial charge on any atom is 0.407 e. The molecule has 1 aliphatic heterocycles. The minimum absolute atomic E-state index is 0.196. The van der Waals surface area contributed by atoms with E-state index in [4.69, 9.17) is 14.6 Å². The lowest BCUT2D eigenvalue weighted by atomic mass is 9.75. The summed E-state index contributed by atoms with van der Waals surface area (Å²) in [7, 11) is 0. The molecule has 1 amide bonds. The van der Waals surface area contributed by atoms with E-state index in [1.165, 1.54) is 11.0 Å². The van der Waals surface area contributed by atoms with Crippen LogP contribution in [0.3, 0.4) is 0 Å². The van der Waals surface area contributed by atoms with E-state index >= 15 is 0 Å². The number of rotatable bonds is 3. The maximum absolute atomic E-state index is 11.5. The second kappa shape index (κ2) is 6.26. The number of carbonyl (C=O) groups excluding carboxylic acids is 1. The smallest absolute Gasteiger partial charge is 0.407 e. The molecule has 6 heteroatoms. The van der Waals surface area contributed by atoms with Gasteiger partial charge in [0.05, 0.1) is 19.8 Å². The predicted molar refractivity (Wildman–Crippen MR) is 73.5 cm³/mol. The number of esters is 1. The fraction of sp³-hybridized carbons (Fsp3) is 0.714. The lowest BCUT2D eigenvalue weighted by Gasteiger charge is -2.47. The van der Waals surface area contributed by atoms with Crippen LogP contribution in [0, 0.1) is 5.41 Å². The van der Waals surface area contributed by atoms with Gasteiger partial charge in [0.25, 0.3) is 0 Å². The average Bonchev–Trinajstić information content (AvgIpc) is 2.35. The number of morpholine rings is 1.